The zero-order valence-corrected chi connectivity index (χ0v) is 22.3. The summed E-state index contributed by atoms with van der Waals surface area (Å²) in [6.45, 7) is 12.7. The Morgan fingerprint density at radius 2 is 1.14 bits per heavy atom. The van der Waals surface area contributed by atoms with E-state index < -0.39 is 23.1 Å². The molecule has 0 heterocycles. The molecule has 0 aliphatic rings. The fourth-order valence-corrected chi connectivity index (χ4v) is 3.89. The van der Waals surface area contributed by atoms with Crippen molar-refractivity contribution >= 4 is 46.0 Å². The summed E-state index contributed by atoms with van der Waals surface area (Å²) in [6.07, 6.45) is 4.11. The van der Waals surface area contributed by atoms with E-state index in [4.69, 9.17) is 18.9 Å². The topological polar surface area (TPSA) is 71.1 Å². The molecule has 36 heavy (non-hydrogen) atoms. The van der Waals surface area contributed by atoms with Gasteiger partial charge in [0.15, 0.2) is 13.2 Å². The molecule has 192 valence electrons. The van der Waals surface area contributed by atoms with Crippen LogP contribution in [0.5, 0.6) is 0 Å². The number of hydrogen-bond acceptors (Lipinski definition) is 6. The van der Waals surface area contributed by atoms with E-state index in [1.54, 1.807) is 12.5 Å². The van der Waals surface area contributed by atoms with E-state index in [-0.39, 0.29) is 13.2 Å². The quantitative estimate of drug-likeness (QED) is 0.350. The minimum absolute atomic E-state index is 0.187. The summed E-state index contributed by atoms with van der Waals surface area (Å²) >= 11 is 0. The highest BCUT2D eigenvalue weighted by molar-refractivity contribution is 6.00. The Labute approximate surface area is 212 Å². The average Bonchev–Trinajstić information content (AvgIpc) is 2.77. The highest BCUT2D eigenvalue weighted by Crippen LogP contribution is 2.17. The molecule has 0 saturated carbocycles. The molecule has 0 aliphatic heterocycles. The third-order valence-electron chi connectivity index (χ3n) is 5.22. The summed E-state index contributed by atoms with van der Waals surface area (Å²) < 4.78 is 22.1. The lowest BCUT2D eigenvalue weighted by Gasteiger charge is -2.19. The number of fused-ring (bicyclic) bond motifs is 2. The van der Waals surface area contributed by atoms with E-state index in [9.17, 15) is 9.59 Å². The maximum atomic E-state index is 12.2. The standard InChI is InChI=1S/C30H36O6/c1-8-20-13-14-23-24(15-20)26(17-34-19-28(32)36-30(5,6)7)22-12-10-9-11-21(22)25(23)16-33-18-27(31)35-29(2,3)4/h9-17H,8,18-19H2,1-7H3. The van der Waals surface area contributed by atoms with E-state index in [1.165, 1.54) is 5.56 Å². The molecule has 6 nitrogen and oxygen atoms in total. The van der Waals surface area contributed by atoms with Gasteiger partial charge in [-0.05, 0) is 75.1 Å². The summed E-state index contributed by atoms with van der Waals surface area (Å²) in [5.74, 6) is -0.858. The maximum absolute atomic E-state index is 12.2. The zero-order valence-electron chi connectivity index (χ0n) is 22.3. The van der Waals surface area contributed by atoms with Crippen LogP contribution < -0.4 is 10.4 Å². The van der Waals surface area contributed by atoms with Gasteiger partial charge in [0.25, 0.3) is 0 Å². The summed E-state index contributed by atoms with van der Waals surface area (Å²) in [6, 6.07) is 14.1. The van der Waals surface area contributed by atoms with Crippen molar-refractivity contribution in [2.75, 3.05) is 13.2 Å². The predicted molar refractivity (Wildman–Crippen MR) is 143 cm³/mol. The van der Waals surface area contributed by atoms with Gasteiger partial charge in [0.1, 0.15) is 11.2 Å². The normalized spacial score (nSPS) is 13.2. The Kier molecular flexibility index (Phi) is 8.28. The monoisotopic (exact) mass is 492 g/mol. The highest BCUT2D eigenvalue weighted by Gasteiger charge is 2.17. The number of benzene rings is 3. The summed E-state index contributed by atoms with van der Waals surface area (Å²) in [5, 5.41) is 5.51. The molecule has 6 heteroatoms. The molecule has 0 amide bonds. The van der Waals surface area contributed by atoms with E-state index >= 15 is 0 Å². The van der Waals surface area contributed by atoms with Crippen LogP contribution in [0.3, 0.4) is 0 Å². The Morgan fingerprint density at radius 1 is 0.694 bits per heavy atom. The first-order valence-electron chi connectivity index (χ1n) is 12.2. The zero-order chi connectivity index (χ0) is 26.5. The Bertz CT molecular complexity index is 1370. The third kappa shape index (κ3) is 7.23. The smallest absolute Gasteiger partial charge is 0.344 e. The van der Waals surface area contributed by atoms with Gasteiger partial charge in [0.2, 0.25) is 0 Å². The van der Waals surface area contributed by atoms with Crippen LogP contribution in [0, 0.1) is 0 Å². The van der Waals surface area contributed by atoms with E-state index in [1.807, 2.05) is 65.8 Å². The first-order valence-corrected chi connectivity index (χ1v) is 12.2. The molecule has 0 unspecified atom stereocenters. The molecule has 0 aromatic heterocycles. The van der Waals surface area contributed by atoms with Gasteiger partial charge in [-0.25, -0.2) is 9.59 Å². The van der Waals surface area contributed by atoms with Gasteiger partial charge in [-0.1, -0.05) is 49.4 Å². The van der Waals surface area contributed by atoms with Gasteiger partial charge in [0, 0.05) is 10.4 Å². The lowest BCUT2D eigenvalue weighted by molar-refractivity contribution is -0.158. The molecule has 3 rings (SSSR count). The number of carbonyl (C=O) groups is 2. The predicted octanol–water partition coefficient (Wildman–Crippen LogP) is 4.75. The van der Waals surface area contributed by atoms with Crippen LogP contribution in [0.2, 0.25) is 0 Å². The Balaban J connectivity index is 2.09. The van der Waals surface area contributed by atoms with Crippen molar-refractivity contribution in [3.63, 3.8) is 0 Å². The number of ether oxygens (including phenoxy) is 4. The lowest BCUT2D eigenvalue weighted by Crippen LogP contribution is -2.26. The second-order valence-electron chi connectivity index (χ2n) is 10.6. The summed E-state index contributed by atoms with van der Waals surface area (Å²) in [7, 11) is 0. The largest absolute Gasteiger partial charge is 0.489 e. The van der Waals surface area contributed by atoms with Crippen molar-refractivity contribution < 1.29 is 28.5 Å². The maximum Gasteiger partial charge on any atom is 0.344 e. The van der Waals surface area contributed by atoms with Crippen molar-refractivity contribution in [3.05, 3.63) is 58.5 Å². The molecule has 0 radical (unpaired) electrons. The molecule has 0 bridgehead atoms. The molecular weight excluding hydrogens is 456 g/mol. The van der Waals surface area contributed by atoms with Gasteiger partial charge < -0.3 is 18.9 Å². The van der Waals surface area contributed by atoms with Crippen LogP contribution in [0.25, 0.3) is 34.1 Å². The molecule has 0 spiro atoms. The summed E-state index contributed by atoms with van der Waals surface area (Å²) in [5.41, 5.74) is 0.0139. The molecule has 3 aromatic rings. The minimum Gasteiger partial charge on any atom is -0.489 e. The fraction of sp³-hybridized carbons (Fsp3) is 0.400. The molecule has 0 N–H and O–H groups in total. The lowest BCUT2D eigenvalue weighted by atomic mass is 9.96. The van der Waals surface area contributed by atoms with Gasteiger partial charge in [0.05, 0.1) is 12.5 Å². The molecule has 0 saturated heterocycles. The van der Waals surface area contributed by atoms with E-state index in [0.29, 0.717) is 0 Å². The van der Waals surface area contributed by atoms with Crippen LogP contribution in [0.4, 0.5) is 0 Å². The number of aryl methyl sites for hydroxylation is 1. The van der Waals surface area contributed by atoms with Gasteiger partial charge >= 0.3 is 11.9 Å². The van der Waals surface area contributed by atoms with Crippen molar-refractivity contribution in [1.82, 2.24) is 0 Å². The molecule has 0 atom stereocenters. The van der Waals surface area contributed by atoms with Crippen LogP contribution in [-0.4, -0.2) is 36.4 Å². The first kappa shape index (κ1) is 27.1. The van der Waals surface area contributed by atoms with Crippen molar-refractivity contribution in [2.24, 2.45) is 0 Å². The second kappa shape index (κ2) is 11.0. The Hall–Kier alpha value is -3.54. The van der Waals surface area contributed by atoms with Crippen LogP contribution in [0.15, 0.2) is 42.5 Å². The SMILES string of the molecule is CCc1ccc2c(=COCC(=O)OC(C)(C)C)c3ccccc3c(=COCC(=O)OC(C)(C)C)c2c1. The van der Waals surface area contributed by atoms with Crippen LogP contribution in [-0.2, 0) is 35.0 Å². The molecule has 0 aliphatic carbocycles. The average molecular weight is 493 g/mol. The number of hydrogen-bond donors (Lipinski definition) is 0. The van der Waals surface area contributed by atoms with E-state index in [2.05, 4.69) is 25.1 Å². The van der Waals surface area contributed by atoms with Gasteiger partial charge in [-0.15, -0.1) is 0 Å². The third-order valence-corrected chi connectivity index (χ3v) is 5.22. The van der Waals surface area contributed by atoms with Gasteiger partial charge in [-0.3, -0.25) is 0 Å². The van der Waals surface area contributed by atoms with Crippen molar-refractivity contribution in [1.29, 1.82) is 0 Å². The molecule has 3 aromatic carbocycles. The van der Waals surface area contributed by atoms with Crippen molar-refractivity contribution in [2.45, 2.75) is 66.1 Å². The minimum atomic E-state index is -0.577. The van der Waals surface area contributed by atoms with Gasteiger partial charge in [-0.2, -0.15) is 0 Å². The summed E-state index contributed by atoms with van der Waals surface area (Å²) in [4.78, 5) is 24.3. The number of esters is 2. The number of rotatable bonds is 7. The van der Waals surface area contributed by atoms with Crippen molar-refractivity contribution in [3.8, 4) is 0 Å². The highest BCUT2D eigenvalue weighted by atomic mass is 16.6. The van der Waals surface area contributed by atoms with Crippen LogP contribution in [0.1, 0.15) is 54.0 Å². The fourth-order valence-electron chi connectivity index (χ4n) is 3.89. The van der Waals surface area contributed by atoms with E-state index in [0.717, 1.165) is 38.4 Å². The number of carbonyl (C=O) groups excluding carboxylic acids is 2. The Morgan fingerprint density at radius 3 is 1.58 bits per heavy atom. The van der Waals surface area contributed by atoms with Crippen LogP contribution >= 0.6 is 0 Å². The second-order valence-corrected chi connectivity index (χ2v) is 10.6. The first-order chi connectivity index (χ1) is 16.9. The molecular formula is C30H36O6. The molecule has 0 fully saturated rings.